The molecule has 0 spiro atoms. The highest BCUT2D eigenvalue weighted by molar-refractivity contribution is 5.94. The molecule has 0 heterocycles. The lowest BCUT2D eigenvalue weighted by atomic mass is 9.85. The van der Waals surface area contributed by atoms with E-state index in [4.69, 9.17) is 0 Å². The lowest BCUT2D eigenvalue weighted by molar-refractivity contribution is -0.132. The third kappa shape index (κ3) is 87.3. The van der Waals surface area contributed by atoms with Gasteiger partial charge in [-0.2, -0.15) is 0 Å². The number of carbonyl (C=O) groups excluding carboxylic acids is 11. The zero-order chi connectivity index (χ0) is 102. The zero-order valence-corrected chi connectivity index (χ0v) is 92.1. The SMILES string of the molecule is CC(C)CCCCC(=O)NCCCCC(NC(=O)CCCCC(C)C)C(=O)CC(CCCCNC(C)C)C(=O)C(C)C.CC(C)CCCCC(=O)NCCCCC(NC(C)C)C(=O)C(C)C.CC(C)CCCCC(=O)NCCCCC(NC(C)C)C(=O)CC(CCCCNC(C)C)C(=O)CC(C)C.CC(C)NCCCCC(CC(=O)C(CCCCNC(C)C)NC(C)C)C(=O)C(C)C. The van der Waals surface area contributed by atoms with Gasteiger partial charge in [-0.1, -0.05) is 285 Å². The van der Waals surface area contributed by atoms with Crippen molar-refractivity contribution in [2.45, 2.75) is 537 Å². The quantitative estimate of drug-likeness (QED) is 0.0252. The van der Waals surface area contributed by atoms with Crippen LogP contribution in [0.3, 0.4) is 0 Å². The standard InChI is InChI=1S/C35H67N3O4.C31H61N3O3.C25H51N3O2.C20H40N2O2/c1-26(2)17-9-11-21-33(40)37-24-16-14-20-31(38-34(41)22-12-10-18-27(3)4)32(39)25-30(35(42)28(5)6)19-13-15-23-36-29(7)8;1-23(2)15-9-10-18-31(37)33-20-14-12-17-28(34-26(7)8)30(36)22-27(29(35)21-24(3)4)16-11-13-19-32-25(5)6;1-18(2)25(30)22(13-9-11-15-26-19(3)4)17-24(29)23(28-21(7)8)14-10-12-16-27-20(5)6;1-15(2)11-7-8-13-19(23)21-14-10-9-12-18(22-17(5)6)20(24)16(3)4/h26-31,36H,9-25H2,1-8H3,(H,37,40)(H,38,41);23-28,32,34H,9-22H2,1-8H3,(H,33,37);18-23,26-28H,9-17H2,1-8H3;15-18,22H,7-14H2,1-6H3,(H,21,23). The van der Waals surface area contributed by atoms with Gasteiger partial charge in [0, 0.05) is 149 Å². The van der Waals surface area contributed by atoms with E-state index >= 15 is 0 Å². The second kappa shape index (κ2) is 86.4. The van der Waals surface area contributed by atoms with Gasteiger partial charge in [-0.25, -0.2) is 0 Å². The number of hydrogen-bond acceptors (Lipinski definition) is 18. The summed E-state index contributed by atoms with van der Waals surface area (Å²) in [6, 6.07) is 1.62. The summed E-state index contributed by atoms with van der Waals surface area (Å²) in [7, 11) is 0. The van der Waals surface area contributed by atoms with Crippen LogP contribution in [-0.2, 0) is 52.7 Å². The van der Waals surface area contributed by atoms with E-state index in [0.717, 1.165) is 212 Å². The van der Waals surface area contributed by atoms with Crippen LogP contribution in [0.5, 0.6) is 0 Å². The van der Waals surface area contributed by atoms with E-state index in [2.05, 4.69) is 225 Å². The van der Waals surface area contributed by atoms with Crippen molar-refractivity contribution in [2.75, 3.05) is 45.8 Å². The fraction of sp³-hybridized carbons (Fsp3) is 0.901. The van der Waals surface area contributed by atoms with Gasteiger partial charge in [-0.05, 0) is 191 Å². The molecule has 0 fully saturated rings. The number of rotatable bonds is 84. The molecule has 0 bridgehead atoms. The van der Waals surface area contributed by atoms with Gasteiger partial charge < -0.3 is 58.5 Å². The van der Waals surface area contributed by atoms with Crippen LogP contribution in [0.4, 0.5) is 0 Å². The minimum Gasteiger partial charge on any atom is -0.356 e. The fourth-order valence-corrected chi connectivity index (χ4v) is 16.2. The van der Waals surface area contributed by atoms with E-state index < -0.39 is 6.04 Å². The Morgan fingerprint density at radius 3 is 0.692 bits per heavy atom. The Kier molecular flexibility index (Phi) is 87.4. The first-order chi connectivity index (χ1) is 62.5. The maximum atomic E-state index is 13.5. The Balaban J connectivity index is -0.000000850. The molecule has 7 unspecified atom stereocenters. The molecular formula is C111H219N11O11. The van der Waals surface area contributed by atoms with Crippen molar-refractivity contribution in [1.29, 1.82) is 0 Å². The average molecular weight is 1880 g/mol. The first-order valence-electron chi connectivity index (χ1n) is 54.6. The fourth-order valence-electron chi connectivity index (χ4n) is 16.2. The Bertz CT molecular complexity index is 2930. The van der Waals surface area contributed by atoms with Gasteiger partial charge in [-0.15, -0.1) is 0 Å². The van der Waals surface area contributed by atoms with Crippen LogP contribution in [0, 0.1) is 65.1 Å². The topological polar surface area (TPSA) is 320 Å². The highest BCUT2D eigenvalue weighted by Gasteiger charge is 2.32. The molecule has 0 saturated heterocycles. The second-order valence-corrected chi connectivity index (χ2v) is 44.1. The molecule has 0 aromatic heterocycles. The van der Waals surface area contributed by atoms with E-state index in [9.17, 15) is 52.7 Å². The first kappa shape index (κ1) is 135. The van der Waals surface area contributed by atoms with Crippen LogP contribution in [0.25, 0.3) is 0 Å². The molecular weight excluding hydrogens is 1660 g/mol. The average Bonchev–Trinajstić information content (AvgIpc) is 0.889. The smallest absolute Gasteiger partial charge is 0.220 e. The Labute approximate surface area is 819 Å². The number of amides is 4. The van der Waals surface area contributed by atoms with E-state index in [-0.39, 0.29) is 136 Å². The summed E-state index contributed by atoms with van der Waals surface area (Å²) in [4.78, 5) is 140. The summed E-state index contributed by atoms with van der Waals surface area (Å²) in [5.74, 6) is 3.79. The third-order valence-corrected chi connectivity index (χ3v) is 23.9. The van der Waals surface area contributed by atoms with Crippen LogP contribution >= 0.6 is 0 Å². The third-order valence-electron chi connectivity index (χ3n) is 23.9. The van der Waals surface area contributed by atoms with Crippen molar-refractivity contribution in [3.63, 3.8) is 0 Å². The number of nitrogens with one attached hydrogen (secondary N) is 11. The van der Waals surface area contributed by atoms with E-state index in [1.807, 2.05) is 41.5 Å². The lowest BCUT2D eigenvalue weighted by Gasteiger charge is -2.24. The van der Waals surface area contributed by atoms with Gasteiger partial charge in [0.2, 0.25) is 23.6 Å². The van der Waals surface area contributed by atoms with Crippen LogP contribution < -0.4 is 58.5 Å². The number of Topliss-reactive ketones (excluding diaryl/α,β-unsaturated/α-hetero) is 7. The molecule has 0 saturated carbocycles. The van der Waals surface area contributed by atoms with E-state index in [1.54, 1.807) is 0 Å². The van der Waals surface area contributed by atoms with Crippen molar-refractivity contribution in [3.05, 3.63) is 0 Å². The molecule has 133 heavy (non-hydrogen) atoms. The molecule has 11 N–H and O–H groups in total. The van der Waals surface area contributed by atoms with Crippen LogP contribution in [0.1, 0.15) is 471 Å². The highest BCUT2D eigenvalue weighted by atomic mass is 16.2. The van der Waals surface area contributed by atoms with Crippen LogP contribution in [0.15, 0.2) is 0 Å². The Morgan fingerprint density at radius 1 is 0.188 bits per heavy atom. The van der Waals surface area contributed by atoms with Gasteiger partial charge in [0.25, 0.3) is 0 Å². The maximum absolute atomic E-state index is 13.5. The van der Waals surface area contributed by atoms with Gasteiger partial charge in [0.15, 0.2) is 11.6 Å². The molecule has 784 valence electrons. The van der Waals surface area contributed by atoms with Crippen molar-refractivity contribution in [3.8, 4) is 0 Å². The molecule has 0 radical (unpaired) electrons. The molecule has 0 aliphatic heterocycles. The summed E-state index contributed by atoms with van der Waals surface area (Å²) in [6.45, 7) is 68.6. The summed E-state index contributed by atoms with van der Waals surface area (Å²) >= 11 is 0. The first-order valence-corrected chi connectivity index (χ1v) is 54.6. The summed E-state index contributed by atoms with van der Waals surface area (Å²) < 4.78 is 0. The molecule has 22 nitrogen and oxygen atoms in total. The molecule has 0 aromatic carbocycles. The molecule has 4 amide bonds. The summed E-state index contributed by atoms with van der Waals surface area (Å²) in [5.41, 5.74) is 0. The predicted molar refractivity (Wildman–Crippen MR) is 563 cm³/mol. The molecule has 0 aliphatic carbocycles. The predicted octanol–water partition coefficient (Wildman–Crippen LogP) is 21.9. The summed E-state index contributed by atoms with van der Waals surface area (Å²) in [5, 5.41) is 36.0. The molecule has 0 aromatic rings. The molecule has 0 rings (SSSR count). The molecule has 0 aliphatic rings. The highest BCUT2D eigenvalue weighted by Crippen LogP contribution is 2.26. The van der Waals surface area contributed by atoms with Gasteiger partial charge in [-0.3, -0.25) is 52.7 Å². The van der Waals surface area contributed by atoms with Gasteiger partial charge >= 0.3 is 0 Å². The van der Waals surface area contributed by atoms with Crippen molar-refractivity contribution >= 4 is 64.1 Å². The van der Waals surface area contributed by atoms with Crippen LogP contribution in [-0.4, -0.2) is 176 Å². The van der Waals surface area contributed by atoms with E-state index in [1.165, 1.54) is 12.8 Å². The van der Waals surface area contributed by atoms with Crippen molar-refractivity contribution in [1.82, 2.24) is 58.5 Å². The number of unbranched alkanes of at least 4 members (excludes halogenated alkanes) is 11. The van der Waals surface area contributed by atoms with Gasteiger partial charge in [0.05, 0.1) is 24.2 Å². The Hall–Kier alpha value is -4.71. The minimum atomic E-state index is -0.584. The summed E-state index contributed by atoms with van der Waals surface area (Å²) in [6.07, 6.45) is 34.5. The Morgan fingerprint density at radius 2 is 0.421 bits per heavy atom. The normalized spacial score (nSPS) is 13.4. The number of carbonyl (C=O) groups is 11. The second-order valence-electron chi connectivity index (χ2n) is 44.1. The maximum Gasteiger partial charge on any atom is 0.220 e. The number of ketones is 7. The number of hydrogen-bond donors (Lipinski definition) is 11. The van der Waals surface area contributed by atoms with Crippen LogP contribution in [0.2, 0.25) is 0 Å². The lowest BCUT2D eigenvalue weighted by Crippen LogP contribution is -2.42. The van der Waals surface area contributed by atoms with E-state index in [0.29, 0.717) is 137 Å². The minimum absolute atomic E-state index is 0.0183. The monoisotopic (exact) mass is 1880 g/mol. The van der Waals surface area contributed by atoms with Gasteiger partial charge in [0.1, 0.15) is 28.9 Å². The van der Waals surface area contributed by atoms with Crippen molar-refractivity contribution in [2.24, 2.45) is 65.1 Å². The molecule has 22 heteroatoms. The molecule has 7 atom stereocenters. The largest absolute Gasteiger partial charge is 0.356 e. The zero-order valence-electron chi connectivity index (χ0n) is 92.1. The van der Waals surface area contributed by atoms with Crippen molar-refractivity contribution < 1.29 is 52.7 Å².